The van der Waals surface area contributed by atoms with E-state index in [2.05, 4.69) is 36.2 Å². The Labute approximate surface area is 165 Å². The fourth-order valence-electron chi connectivity index (χ4n) is 3.80. The Bertz CT molecular complexity index is 970. The van der Waals surface area contributed by atoms with E-state index in [-0.39, 0.29) is 11.7 Å². The van der Waals surface area contributed by atoms with Crippen molar-refractivity contribution < 1.29 is 9.47 Å². The van der Waals surface area contributed by atoms with Gasteiger partial charge >= 0.3 is 0 Å². The minimum Gasteiger partial charge on any atom is -0.490 e. The van der Waals surface area contributed by atoms with Crippen LogP contribution in [0.3, 0.4) is 0 Å². The van der Waals surface area contributed by atoms with E-state index in [9.17, 15) is 4.79 Å². The molecule has 0 N–H and O–H groups in total. The van der Waals surface area contributed by atoms with Crippen LogP contribution in [0.4, 0.5) is 0 Å². The third-order valence-electron chi connectivity index (χ3n) is 5.37. The van der Waals surface area contributed by atoms with Gasteiger partial charge in [-0.3, -0.25) is 9.36 Å². The van der Waals surface area contributed by atoms with Gasteiger partial charge in [-0.1, -0.05) is 38.1 Å². The van der Waals surface area contributed by atoms with Gasteiger partial charge in [-0.25, -0.2) is 0 Å². The maximum atomic E-state index is 11.9. The molecule has 0 saturated carbocycles. The van der Waals surface area contributed by atoms with Crippen LogP contribution in [0.1, 0.15) is 44.2 Å². The first-order chi connectivity index (χ1) is 13.7. The summed E-state index contributed by atoms with van der Waals surface area (Å²) >= 11 is 0. The van der Waals surface area contributed by atoms with Crippen molar-refractivity contribution in [2.45, 2.75) is 52.2 Å². The van der Waals surface area contributed by atoms with E-state index < -0.39 is 0 Å². The van der Waals surface area contributed by atoms with Crippen LogP contribution in [-0.4, -0.2) is 22.3 Å². The fraction of sp³-hybridized carbons (Fsp3) is 0.391. The van der Waals surface area contributed by atoms with Gasteiger partial charge in [0.05, 0.1) is 6.54 Å². The molecule has 2 aromatic rings. The summed E-state index contributed by atoms with van der Waals surface area (Å²) in [5.41, 5.74) is 4.64. The van der Waals surface area contributed by atoms with Gasteiger partial charge in [0.2, 0.25) is 0 Å². The lowest BCUT2D eigenvalue weighted by Crippen LogP contribution is -2.23. The predicted octanol–water partition coefficient (Wildman–Crippen LogP) is 4.16. The van der Waals surface area contributed by atoms with E-state index in [0.717, 1.165) is 25.0 Å². The number of aryl methyl sites for hydroxylation is 1. The van der Waals surface area contributed by atoms with Crippen molar-refractivity contribution in [3.05, 3.63) is 69.7 Å². The molecule has 2 heterocycles. The lowest BCUT2D eigenvalue weighted by Gasteiger charge is -2.16. The Morgan fingerprint density at radius 2 is 2.04 bits per heavy atom. The maximum Gasteiger partial charge on any atom is 0.300 e. The number of ether oxygens (including phenoxy) is 2. The van der Waals surface area contributed by atoms with Gasteiger partial charge in [-0.05, 0) is 54.5 Å². The van der Waals surface area contributed by atoms with Gasteiger partial charge in [-0.15, -0.1) is 0 Å². The molecule has 1 unspecified atom stereocenters. The molecule has 0 fully saturated rings. The topological polar surface area (TPSA) is 53.4 Å². The quantitative estimate of drug-likeness (QED) is 0.757. The summed E-state index contributed by atoms with van der Waals surface area (Å²) in [6.07, 6.45) is 10.1. The average molecular weight is 378 g/mol. The van der Waals surface area contributed by atoms with E-state index in [4.69, 9.17) is 9.47 Å². The number of allylic oxidation sites excluding steroid dienone is 4. The SMILES string of the molecule is CCC1=C(c2ccc(OCC3Cn4cc(CC)c(=O)nc4O3)cc2)CCC=C1. The molecule has 1 atom stereocenters. The highest BCUT2D eigenvalue weighted by Gasteiger charge is 2.25. The number of fused-ring (bicyclic) bond motifs is 1. The van der Waals surface area contributed by atoms with E-state index >= 15 is 0 Å². The maximum absolute atomic E-state index is 11.9. The number of nitrogens with zero attached hydrogens (tertiary/aromatic N) is 2. The molecule has 1 aliphatic carbocycles. The molecular weight excluding hydrogens is 352 g/mol. The van der Waals surface area contributed by atoms with Gasteiger partial charge in [-0.2, -0.15) is 4.98 Å². The molecule has 4 rings (SSSR count). The molecule has 1 aliphatic heterocycles. The minimum atomic E-state index is -0.204. The zero-order valence-corrected chi connectivity index (χ0v) is 16.5. The molecular formula is C23H26N2O3. The molecule has 2 aliphatic rings. The van der Waals surface area contributed by atoms with Crippen LogP contribution in [0.5, 0.6) is 11.8 Å². The standard InChI is InChI=1S/C23H26N2O3/c1-3-16-7-5-6-8-21(16)18-9-11-19(12-10-18)27-15-20-14-25-13-17(4-2)22(26)24-23(25)28-20/h5,7,9-13,20H,3-4,6,8,14-15H2,1-2H3. The molecule has 5 nitrogen and oxygen atoms in total. The molecule has 146 valence electrons. The zero-order valence-electron chi connectivity index (χ0n) is 16.5. The first kappa shape index (κ1) is 18.5. The van der Waals surface area contributed by atoms with E-state index in [1.807, 2.05) is 29.8 Å². The third kappa shape index (κ3) is 3.75. The number of aromatic nitrogens is 2. The highest BCUT2D eigenvalue weighted by molar-refractivity contribution is 5.72. The summed E-state index contributed by atoms with van der Waals surface area (Å²) in [7, 11) is 0. The normalized spacial score (nSPS) is 18.1. The van der Waals surface area contributed by atoms with Crippen LogP contribution in [0.25, 0.3) is 5.57 Å². The zero-order chi connectivity index (χ0) is 19.5. The van der Waals surface area contributed by atoms with Crippen molar-refractivity contribution in [2.24, 2.45) is 0 Å². The first-order valence-corrected chi connectivity index (χ1v) is 10.1. The van der Waals surface area contributed by atoms with Crippen LogP contribution < -0.4 is 15.0 Å². The smallest absolute Gasteiger partial charge is 0.300 e. The predicted molar refractivity (Wildman–Crippen MR) is 110 cm³/mol. The first-order valence-electron chi connectivity index (χ1n) is 10.1. The second-order valence-electron chi connectivity index (χ2n) is 7.23. The molecule has 5 heteroatoms. The summed E-state index contributed by atoms with van der Waals surface area (Å²) in [4.78, 5) is 15.9. The van der Waals surface area contributed by atoms with Crippen molar-refractivity contribution in [3.8, 4) is 11.8 Å². The molecule has 0 amide bonds. The monoisotopic (exact) mass is 378 g/mol. The fourth-order valence-corrected chi connectivity index (χ4v) is 3.80. The van der Waals surface area contributed by atoms with E-state index in [1.165, 1.54) is 16.7 Å². The lowest BCUT2D eigenvalue weighted by molar-refractivity contribution is 0.143. The molecule has 0 bridgehead atoms. The summed E-state index contributed by atoms with van der Waals surface area (Å²) in [5, 5.41) is 0. The number of hydrogen-bond acceptors (Lipinski definition) is 4. The third-order valence-corrected chi connectivity index (χ3v) is 5.37. The summed E-state index contributed by atoms with van der Waals surface area (Å²) in [6, 6.07) is 8.70. The highest BCUT2D eigenvalue weighted by Crippen LogP contribution is 2.31. The second-order valence-corrected chi connectivity index (χ2v) is 7.23. The van der Waals surface area contributed by atoms with Gasteiger partial charge in [0.25, 0.3) is 11.6 Å². The Morgan fingerprint density at radius 1 is 1.21 bits per heavy atom. The van der Waals surface area contributed by atoms with Crippen LogP contribution >= 0.6 is 0 Å². The molecule has 0 radical (unpaired) electrons. The van der Waals surface area contributed by atoms with Gasteiger partial charge < -0.3 is 9.47 Å². The Morgan fingerprint density at radius 3 is 2.79 bits per heavy atom. The van der Waals surface area contributed by atoms with E-state index in [0.29, 0.717) is 31.1 Å². The largest absolute Gasteiger partial charge is 0.490 e. The Balaban J connectivity index is 1.39. The highest BCUT2D eigenvalue weighted by atomic mass is 16.6. The Hall–Kier alpha value is -2.82. The summed E-state index contributed by atoms with van der Waals surface area (Å²) in [6.45, 7) is 5.22. The van der Waals surface area contributed by atoms with Crippen molar-refractivity contribution in [2.75, 3.05) is 6.61 Å². The Kier molecular flexibility index (Phi) is 5.33. The van der Waals surface area contributed by atoms with Crippen LogP contribution in [-0.2, 0) is 13.0 Å². The van der Waals surface area contributed by atoms with Gasteiger partial charge in [0.1, 0.15) is 12.4 Å². The molecule has 28 heavy (non-hydrogen) atoms. The molecule has 1 aromatic heterocycles. The van der Waals surface area contributed by atoms with Crippen molar-refractivity contribution >= 4 is 5.57 Å². The summed E-state index contributed by atoms with van der Waals surface area (Å²) in [5.74, 6) is 0.824. The molecule has 0 spiro atoms. The molecule has 1 aromatic carbocycles. The van der Waals surface area contributed by atoms with Crippen molar-refractivity contribution in [1.82, 2.24) is 9.55 Å². The number of rotatable bonds is 6. The molecule has 0 saturated heterocycles. The van der Waals surface area contributed by atoms with Crippen molar-refractivity contribution in [1.29, 1.82) is 0 Å². The van der Waals surface area contributed by atoms with Crippen molar-refractivity contribution in [3.63, 3.8) is 0 Å². The van der Waals surface area contributed by atoms with Gasteiger partial charge in [0, 0.05) is 11.8 Å². The minimum absolute atomic E-state index is 0.142. The second kappa shape index (κ2) is 8.05. The van der Waals surface area contributed by atoms with E-state index in [1.54, 1.807) is 0 Å². The summed E-state index contributed by atoms with van der Waals surface area (Å²) < 4.78 is 13.6. The number of benzene rings is 1. The van der Waals surface area contributed by atoms with Crippen LogP contribution in [0.15, 0.2) is 53.0 Å². The van der Waals surface area contributed by atoms with Crippen LogP contribution in [0, 0.1) is 0 Å². The average Bonchev–Trinajstić information content (AvgIpc) is 3.13. The lowest BCUT2D eigenvalue weighted by atomic mass is 9.90. The van der Waals surface area contributed by atoms with Gasteiger partial charge in [0.15, 0.2) is 6.10 Å². The van der Waals surface area contributed by atoms with Crippen LogP contribution in [0.2, 0.25) is 0 Å². The number of hydrogen-bond donors (Lipinski definition) is 0.